The molecule has 0 fully saturated rings. The Hall–Kier alpha value is -2.49. The maximum Gasteiger partial charge on any atom is 0.251 e. The second-order valence-electron chi connectivity index (χ2n) is 7.47. The van der Waals surface area contributed by atoms with Crippen molar-refractivity contribution in [3.63, 3.8) is 0 Å². The maximum absolute atomic E-state index is 11.9. The molecular weight excluding hydrogens is 519 g/mol. The molecule has 3 rings (SSSR count). The number of ether oxygens (including phenoxy) is 2. The molecule has 0 radical (unpaired) electrons. The zero-order valence-corrected chi connectivity index (χ0v) is 21.5. The number of guanidine groups is 1. The summed E-state index contributed by atoms with van der Waals surface area (Å²) in [6.45, 7) is 8.36. The molecule has 0 aromatic heterocycles. The van der Waals surface area contributed by atoms with E-state index in [2.05, 4.69) is 40.0 Å². The molecule has 8 heteroatoms. The van der Waals surface area contributed by atoms with Crippen LogP contribution in [0, 0.1) is 0 Å². The molecule has 1 aliphatic rings. The summed E-state index contributed by atoms with van der Waals surface area (Å²) in [5, 5.41) is 9.45. The van der Waals surface area contributed by atoms with Gasteiger partial charge in [0.1, 0.15) is 17.6 Å². The molecule has 0 bridgehead atoms. The van der Waals surface area contributed by atoms with E-state index in [1.165, 1.54) is 5.56 Å². The highest BCUT2D eigenvalue weighted by Crippen LogP contribution is 2.35. The van der Waals surface area contributed by atoms with Crippen LogP contribution in [0.1, 0.15) is 47.8 Å². The first-order valence-electron chi connectivity index (χ1n) is 10.8. The van der Waals surface area contributed by atoms with E-state index >= 15 is 0 Å². The number of amides is 1. The third kappa shape index (κ3) is 6.75. The van der Waals surface area contributed by atoms with Gasteiger partial charge in [0.2, 0.25) is 0 Å². The molecule has 1 aliphatic heterocycles. The minimum absolute atomic E-state index is 0. The van der Waals surface area contributed by atoms with Crippen LogP contribution >= 0.6 is 24.0 Å². The molecule has 0 spiro atoms. The predicted molar refractivity (Wildman–Crippen MR) is 138 cm³/mol. The Morgan fingerprint density at radius 1 is 1.12 bits per heavy atom. The summed E-state index contributed by atoms with van der Waals surface area (Å²) in [6.07, 6.45) is 1.10. The predicted octanol–water partition coefficient (Wildman–Crippen LogP) is 3.64. The van der Waals surface area contributed by atoms with E-state index in [4.69, 9.17) is 9.47 Å². The topological polar surface area (TPSA) is 84.0 Å². The van der Waals surface area contributed by atoms with Crippen LogP contribution in [0.25, 0.3) is 0 Å². The van der Waals surface area contributed by atoms with Gasteiger partial charge in [-0.3, -0.25) is 9.79 Å². The summed E-state index contributed by atoms with van der Waals surface area (Å²) in [7, 11) is 1.74. The summed E-state index contributed by atoms with van der Waals surface area (Å²) < 4.78 is 11.8. The molecular formula is C24H33IN4O3. The number of rotatable bonds is 8. The van der Waals surface area contributed by atoms with Gasteiger partial charge >= 0.3 is 0 Å². The van der Waals surface area contributed by atoms with Crippen LogP contribution in [-0.4, -0.2) is 38.2 Å². The van der Waals surface area contributed by atoms with Crippen molar-refractivity contribution in [2.75, 3.05) is 20.2 Å². The first kappa shape index (κ1) is 25.8. The number of hydrogen-bond acceptors (Lipinski definition) is 4. The van der Waals surface area contributed by atoms with Crippen LogP contribution in [0.15, 0.2) is 41.4 Å². The van der Waals surface area contributed by atoms with Crippen molar-refractivity contribution in [1.82, 2.24) is 16.0 Å². The molecule has 0 aliphatic carbocycles. The standard InChI is InChI=1S/C24H32N4O3.HI/c1-5-26-23(29)18-9-7-17(8-10-18)14-27-24(25-4)28-15-20-13-22-19(11-16(3)31-22)12-21(20)30-6-2;/h7-10,12-13,16H,5-6,11,14-15H2,1-4H3,(H,26,29)(H2,25,27,28);1H. The van der Waals surface area contributed by atoms with Crippen LogP contribution in [0.2, 0.25) is 0 Å². The average molecular weight is 552 g/mol. The quantitative estimate of drug-likeness (QED) is 0.265. The van der Waals surface area contributed by atoms with Crippen molar-refractivity contribution >= 4 is 35.8 Å². The third-order valence-electron chi connectivity index (χ3n) is 5.06. The molecule has 1 heterocycles. The van der Waals surface area contributed by atoms with Gasteiger partial charge in [0, 0.05) is 49.8 Å². The van der Waals surface area contributed by atoms with Gasteiger partial charge in [0.05, 0.1) is 6.61 Å². The zero-order valence-electron chi connectivity index (χ0n) is 19.2. The fraction of sp³-hybridized carbons (Fsp3) is 0.417. The van der Waals surface area contributed by atoms with Crippen LogP contribution < -0.4 is 25.4 Å². The van der Waals surface area contributed by atoms with Crippen LogP contribution in [0.4, 0.5) is 0 Å². The third-order valence-corrected chi connectivity index (χ3v) is 5.06. The van der Waals surface area contributed by atoms with Crippen molar-refractivity contribution in [3.05, 3.63) is 58.7 Å². The lowest BCUT2D eigenvalue weighted by atomic mass is 10.1. The molecule has 32 heavy (non-hydrogen) atoms. The largest absolute Gasteiger partial charge is 0.494 e. The highest BCUT2D eigenvalue weighted by molar-refractivity contribution is 14.0. The fourth-order valence-corrected chi connectivity index (χ4v) is 3.53. The Balaban J connectivity index is 0.00000363. The Morgan fingerprint density at radius 3 is 2.50 bits per heavy atom. The number of nitrogens with one attached hydrogen (secondary N) is 3. The monoisotopic (exact) mass is 552 g/mol. The van der Waals surface area contributed by atoms with Crippen molar-refractivity contribution < 1.29 is 14.3 Å². The van der Waals surface area contributed by atoms with Gasteiger partial charge in [-0.1, -0.05) is 12.1 Å². The number of aliphatic imine (C=N–C) groups is 1. The summed E-state index contributed by atoms with van der Waals surface area (Å²) >= 11 is 0. The number of nitrogens with zero attached hydrogens (tertiary/aromatic N) is 1. The second kappa shape index (κ2) is 12.5. The van der Waals surface area contributed by atoms with Crippen molar-refractivity contribution in [2.45, 2.75) is 46.4 Å². The number of benzene rings is 2. The molecule has 1 atom stereocenters. The number of carbonyl (C=O) groups is 1. The average Bonchev–Trinajstić information content (AvgIpc) is 3.13. The van der Waals surface area contributed by atoms with E-state index in [1.54, 1.807) is 7.05 Å². The number of hydrogen-bond donors (Lipinski definition) is 3. The lowest BCUT2D eigenvalue weighted by Crippen LogP contribution is -2.36. The first-order valence-corrected chi connectivity index (χ1v) is 10.8. The number of carbonyl (C=O) groups excluding carboxylic acids is 1. The highest BCUT2D eigenvalue weighted by atomic mass is 127. The molecule has 0 saturated carbocycles. The number of halogens is 1. The van der Waals surface area contributed by atoms with Gasteiger partial charge in [-0.05, 0) is 50.6 Å². The van der Waals surface area contributed by atoms with E-state index in [-0.39, 0.29) is 36.0 Å². The fourth-order valence-electron chi connectivity index (χ4n) is 3.53. The van der Waals surface area contributed by atoms with Crippen molar-refractivity contribution in [2.24, 2.45) is 4.99 Å². The van der Waals surface area contributed by atoms with Gasteiger partial charge in [-0.25, -0.2) is 0 Å². The number of fused-ring (bicyclic) bond motifs is 1. The smallest absolute Gasteiger partial charge is 0.251 e. The van der Waals surface area contributed by atoms with E-state index in [0.29, 0.717) is 37.8 Å². The summed E-state index contributed by atoms with van der Waals surface area (Å²) in [6, 6.07) is 11.7. The van der Waals surface area contributed by atoms with E-state index in [1.807, 2.05) is 38.1 Å². The van der Waals surface area contributed by atoms with Gasteiger partial charge in [0.25, 0.3) is 5.91 Å². The molecule has 2 aromatic rings. The highest BCUT2D eigenvalue weighted by Gasteiger charge is 2.22. The molecule has 7 nitrogen and oxygen atoms in total. The Bertz CT molecular complexity index is 932. The Kier molecular flexibility index (Phi) is 10.1. The minimum Gasteiger partial charge on any atom is -0.494 e. The van der Waals surface area contributed by atoms with E-state index in [0.717, 1.165) is 29.0 Å². The molecule has 2 aromatic carbocycles. The van der Waals surface area contributed by atoms with Crippen molar-refractivity contribution in [3.8, 4) is 11.5 Å². The summed E-state index contributed by atoms with van der Waals surface area (Å²) in [4.78, 5) is 16.2. The van der Waals surface area contributed by atoms with E-state index < -0.39 is 0 Å². The maximum atomic E-state index is 11.9. The lowest BCUT2D eigenvalue weighted by molar-refractivity contribution is 0.0956. The summed E-state index contributed by atoms with van der Waals surface area (Å²) in [5.41, 5.74) is 3.94. The van der Waals surface area contributed by atoms with Gasteiger partial charge in [-0.2, -0.15) is 0 Å². The van der Waals surface area contributed by atoms with E-state index in [9.17, 15) is 4.79 Å². The van der Waals surface area contributed by atoms with Gasteiger partial charge in [-0.15, -0.1) is 24.0 Å². The Labute approximate surface area is 207 Å². The lowest BCUT2D eigenvalue weighted by Gasteiger charge is -2.16. The van der Waals surface area contributed by atoms with Crippen molar-refractivity contribution in [1.29, 1.82) is 0 Å². The van der Waals surface area contributed by atoms with Crippen LogP contribution in [-0.2, 0) is 19.5 Å². The van der Waals surface area contributed by atoms with Gasteiger partial charge < -0.3 is 25.4 Å². The normalized spacial score (nSPS) is 14.6. The molecule has 0 saturated heterocycles. The SMILES string of the molecule is CCNC(=O)c1ccc(CNC(=NC)NCc2cc3c(cc2OCC)CC(C)O3)cc1.I. The summed E-state index contributed by atoms with van der Waals surface area (Å²) in [5.74, 6) is 2.44. The van der Waals surface area contributed by atoms with Gasteiger partial charge in [0.15, 0.2) is 5.96 Å². The molecule has 174 valence electrons. The first-order chi connectivity index (χ1) is 15.0. The minimum atomic E-state index is -0.0580. The van der Waals surface area contributed by atoms with Crippen LogP contribution in [0.3, 0.4) is 0 Å². The zero-order chi connectivity index (χ0) is 22.2. The molecule has 1 unspecified atom stereocenters. The Morgan fingerprint density at radius 2 is 1.84 bits per heavy atom. The van der Waals surface area contributed by atoms with Crippen LogP contribution in [0.5, 0.6) is 11.5 Å². The second-order valence-corrected chi connectivity index (χ2v) is 7.47. The molecule has 1 amide bonds. The molecule has 3 N–H and O–H groups in total.